The fraction of sp³-hybridized carbons (Fsp3) is 0.120. The minimum Gasteiger partial charge on any atom is -0.497 e. The van der Waals surface area contributed by atoms with Gasteiger partial charge in [-0.1, -0.05) is 48.2 Å². The van der Waals surface area contributed by atoms with Crippen molar-refractivity contribution in [2.24, 2.45) is 0 Å². The van der Waals surface area contributed by atoms with E-state index in [9.17, 15) is 4.79 Å². The van der Waals surface area contributed by atoms with Crippen LogP contribution in [0.4, 0.5) is 0 Å². The van der Waals surface area contributed by atoms with Crippen molar-refractivity contribution in [1.29, 1.82) is 0 Å². The maximum absolute atomic E-state index is 13.1. The number of carbonyl (C=O) groups is 1. The molecule has 4 rings (SSSR count). The molecular formula is C25H22N2O2S2. The highest BCUT2D eigenvalue weighted by Gasteiger charge is 2.14. The Balaban J connectivity index is 1.61. The average Bonchev–Trinajstić information content (AvgIpc) is 2.82. The molecule has 1 amide bonds. The van der Waals surface area contributed by atoms with Crippen LogP contribution in [0.5, 0.6) is 5.75 Å². The van der Waals surface area contributed by atoms with Gasteiger partial charge in [0.25, 0.3) is 5.91 Å². The molecule has 0 aliphatic rings. The highest BCUT2D eigenvalue weighted by molar-refractivity contribution is 7.99. The minimum atomic E-state index is -0.124. The zero-order chi connectivity index (χ0) is 21.6. The Hall–Kier alpha value is -2.96. The summed E-state index contributed by atoms with van der Waals surface area (Å²) >= 11 is 3.27. The number of ether oxygens (including phenoxy) is 1. The van der Waals surface area contributed by atoms with Gasteiger partial charge in [0.15, 0.2) is 0 Å². The third-order valence-electron chi connectivity index (χ3n) is 4.79. The second kappa shape index (κ2) is 9.90. The lowest BCUT2D eigenvalue weighted by Gasteiger charge is -2.11. The lowest BCUT2D eigenvalue weighted by molar-refractivity contribution is 0.0952. The minimum absolute atomic E-state index is 0.124. The molecule has 0 atom stereocenters. The molecule has 156 valence electrons. The molecule has 1 heterocycles. The van der Waals surface area contributed by atoms with Crippen molar-refractivity contribution >= 4 is 40.3 Å². The molecule has 0 bridgehead atoms. The first kappa shape index (κ1) is 21.3. The lowest BCUT2D eigenvalue weighted by atomic mass is 10.1. The number of pyridine rings is 1. The largest absolute Gasteiger partial charge is 0.497 e. The maximum atomic E-state index is 13.1. The van der Waals surface area contributed by atoms with E-state index in [0.717, 1.165) is 32.1 Å². The second-order valence-electron chi connectivity index (χ2n) is 6.84. The molecule has 0 unspecified atom stereocenters. The van der Waals surface area contributed by atoms with Crippen LogP contribution in [0.1, 0.15) is 15.9 Å². The Bertz CT molecular complexity index is 1230. The summed E-state index contributed by atoms with van der Waals surface area (Å²) in [7, 11) is 1.63. The first-order valence-corrected chi connectivity index (χ1v) is 11.8. The Morgan fingerprint density at radius 1 is 0.968 bits per heavy atom. The number of amides is 1. The van der Waals surface area contributed by atoms with Crippen LogP contribution in [-0.4, -0.2) is 24.3 Å². The first-order valence-electron chi connectivity index (χ1n) is 9.79. The van der Waals surface area contributed by atoms with Gasteiger partial charge >= 0.3 is 0 Å². The summed E-state index contributed by atoms with van der Waals surface area (Å²) in [6.45, 7) is 0.422. The van der Waals surface area contributed by atoms with Gasteiger partial charge < -0.3 is 10.1 Å². The third-order valence-corrected chi connectivity index (χ3v) is 6.42. The fourth-order valence-corrected chi connectivity index (χ4v) is 4.67. The highest BCUT2D eigenvalue weighted by atomic mass is 32.2. The lowest BCUT2D eigenvalue weighted by Crippen LogP contribution is -2.23. The molecule has 0 radical (unpaired) electrons. The second-order valence-corrected chi connectivity index (χ2v) is 8.81. The van der Waals surface area contributed by atoms with E-state index in [0.29, 0.717) is 12.1 Å². The molecule has 4 nitrogen and oxygen atoms in total. The number of nitrogens with one attached hydrogen (secondary N) is 1. The SMILES string of the molecule is COc1cccc(CNC(=O)c2cc(Sc3cccc(SC)c3)nc3ccccc23)c1. The van der Waals surface area contributed by atoms with Crippen molar-refractivity contribution in [3.05, 3.63) is 90.0 Å². The van der Waals surface area contributed by atoms with Crippen molar-refractivity contribution in [3.8, 4) is 5.75 Å². The van der Waals surface area contributed by atoms with Crippen LogP contribution in [0.2, 0.25) is 0 Å². The molecule has 0 aliphatic carbocycles. The number of thioether (sulfide) groups is 1. The quantitative estimate of drug-likeness (QED) is 0.350. The van der Waals surface area contributed by atoms with Gasteiger partial charge in [-0.25, -0.2) is 4.98 Å². The van der Waals surface area contributed by atoms with Crippen molar-refractivity contribution in [1.82, 2.24) is 10.3 Å². The predicted molar refractivity (Wildman–Crippen MR) is 128 cm³/mol. The Kier molecular flexibility index (Phi) is 6.79. The molecule has 0 saturated carbocycles. The van der Waals surface area contributed by atoms with Crippen molar-refractivity contribution < 1.29 is 9.53 Å². The fourth-order valence-electron chi connectivity index (χ4n) is 3.24. The van der Waals surface area contributed by atoms with E-state index in [2.05, 4.69) is 29.8 Å². The number of hydrogen-bond acceptors (Lipinski definition) is 5. The van der Waals surface area contributed by atoms with E-state index in [1.165, 1.54) is 4.90 Å². The number of aromatic nitrogens is 1. The van der Waals surface area contributed by atoms with E-state index >= 15 is 0 Å². The first-order chi connectivity index (χ1) is 15.2. The van der Waals surface area contributed by atoms with E-state index in [1.807, 2.05) is 60.7 Å². The van der Waals surface area contributed by atoms with E-state index in [4.69, 9.17) is 9.72 Å². The Labute approximate surface area is 190 Å². The van der Waals surface area contributed by atoms with Gasteiger partial charge in [-0.15, -0.1) is 11.8 Å². The van der Waals surface area contributed by atoms with Gasteiger partial charge in [0.1, 0.15) is 10.8 Å². The topological polar surface area (TPSA) is 51.2 Å². The average molecular weight is 447 g/mol. The number of fused-ring (bicyclic) bond motifs is 1. The van der Waals surface area contributed by atoms with Gasteiger partial charge in [0.05, 0.1) is 18.2 Å². The Morgan fingerprint density at radius 3 is 2.61 bits per heavy atom. The highest BCUT2D eigenvalue weighted by Crippen LogP contribution is 2.31. The van der Waals surface area contributed by atoms with Crippen molar-refractivity contribution in [2.75, 3.05) is 13.4 Å². The van der Waals surface area contributed by atoms with Crippen LogP contribution < -0.4 is 10.1 Å². The van der Waals surface area contributed by atoms with Crippen LogP contribution in [0.25, 0.3) is 10.9 Å². The molecule has 1 aromatic heterocycles. The summed E-state index contributed by atoms with van der Waals surface area (Å²) in [4.78, 5) is 20.2. The zero-order valence-electron chi connectivity index (χ0n) is 17.3. The number of nitrogens with zero attached hydrogens (tertiary/aromatic N) is 1. The van der Waals surface area contributed by atoms with Crippen LogP contribution >= 0.6 is 23.5 Å². The standard InChI is InChI=1S/C25H22N2O2S2/c1-29-18-8-5-7-17(13-18)16-26-25(28)22-15-24(27-23-12-4-3-11-21(22)23)31-20-10-6-9-19(14-20)30-2/h3-15H,16H2,1-2H3,(H,26,28). The molecular weight excluding hydrogens is 424 g/mol. The summed E-state index contributed by atoms with van der Waals surface area (Å²) in [6, 6.07) is 25.6. The summed E-state index contributed by atoms with van der Waals surface area (Å²) in [5.41, 5.74) is 2.41. The van der Waals surface area contributed by atoms with E-state index in [1.54, 1.807) is 30.6 Å². The summed E-state index contributed by atoms with van der Waals surface area (Å²) < 4.78 is 5.27. The number of hydrogen-bond donors (Lipinski definition) is 1. The van der Waals surface area contributed by atoms with Crippen LogP contribution in [0.15, 0.2) is 93.7 Å². The van der Waals surface area contributed by atoms with E-state index in [-0.39, 0.29) is 5.91 Å². The number of methoxy groups -OCH3 is 1. The number of para-hydroxylation sites is 1. The van der Waals surface area contributed by atoms with Crippen LogP contribution in [0.3, 0.4) is 0 Å². The maximum Gasteiger partial charge on any atom is 0.252 e. The van der Waals surface area contributed by atoms with E-state index < -0.39 is 0 Å². The van der Waals surface area contributed by atoms with Crippen LogP contribution in [0, 0.1) is 0 Å². The van der Waals surface area contributed by atoms with Gasteiger partial charge in [-0.3, -0.25) is 4.79 Å². The van der Waals surface area contributed by atoms with Gasteiger partial charge in [0.2, 0.25) is 0 Å². The normalized spacial score (nSPS) is 10.8. The zero-order valence-corrected chi connectivity index (χ0v) is 18.9. The molecule has 0 aliphatic heterocycles. The molecule has 0 fully saturated rings. The van der Waals surface area contributed by atoms with Gasteiger partial charge in [-0.05, 0) is 54.3 Å². The summed E-state index contributed by atoms with van der Waals surface area (Å²) in [6.07, 6.45) is 2.06. The number of benzene rings is 3. The molecule has 0 saturated heterocycles. The monoisotopic (exact) mass is 446 g/mol. The predicted octanol–water partition coefficient (Wildman–Crippen LogP) is 6.05. The molecule has 4 aromatic rings. The molecule has 0 spiro atoms. The smallest absolute Gasteiger partial charge is 0.252 e. The third kappa shape index (κ3) is 5.21. The van der Waals surface area contributed by atoms with Gasteiger partial charge in [-0.2, -0.15) is 0 Å². The molecule has 31 heavy (non-hydrogen) atoms. The number of rotatable bonds is 7. The molecule has 6 heteroatoms. The summed E-state index contributed by atoms with van der Waals surface area (Å²) in [5.74, 6) is 0.647. The van der Waals surface area contributed by atoms with Crippen molar-refractivity contribution in [3.63, 3.8) is 0 Å². The van der Waals surface area contributed by atoms with Crippen LogP contribution in [-0.2, 0) is 6.54 Å². The van der Waals surface area contributed by atoms with Crippen molar-refractivity contribution in [2.45, 2.75) is 21.4 Å². The summed E-state index contributed by atoms with van der Waals surface area (Å²) in [5, 5.41) is 4.67. The Morgan fingerprint density at radius 2 is 1.77 bits per heavy atom. The molecule has 3 aromatic carbocycles. The number of carbonyl (C=O) groups excluding carboxylic acids is 1. The van der Waals surface area contributed by atoms with Gasteiger partial charge in [0, 0.05) is 21.7 Å². The molecule has 1 N–H and O–H groups in total.